The molecule has 1 heterocycles. The molecule has 0 bridgehead atoms. The maximum Gasteiger partial charge on any atom is 0.325 e. The van der Waals surface area contributed by atoms with E-state index in [4.69, 9.17) is 4.74 Å². The predicted octanol–water partition coefficient (Wildman–Crippen LogP) is 0.216. The number of ether oxygens (including phenoxy) is 1. The van der Waals surface area contributed by atoms with Crippen LogP contribution in [-0.2, 0) is 16.1 Å². The third kappa shape index (κ3) is 6.27. The van der Waals surface area contributed by atoms with E-state index in [9.17, 15) is 19.2 Å². The summed E-state index contributed by atoms with van der Waals surface area (Å²) in [6.07, 6.45) is 2.60. The van der Waals surface area contributed by atoms with Crippen molar-refractivity contribution in [2.45, 2.75) is 19.9 Å². The lowest BCUT2D eigenvalue weighted by Gasteiger charge is -2.07. The Hall–Kier alpha value is -3.62. The smallest absolute Gasteiger partial charge is 0.325 e. The highest BCUT2D eigenvalue weighted by molar-refractivity contribution is 5.92. The first-order valence-electron chi connectivity index (χ1n) is 8.58. The molecule has 0 unspecified atom stereocenters. The Morgan fingerprint density at radius 2 is 1.82 bits per heavy atom. The molecular formula is C19H22N4O5. The topological polar surface area (TPSA) is 133 Å². The number of amides is 2. The van der Waals surface area contributed by atoms with Gasteiger partial charge in [0.05, 0.1) is 12.7 Å². The predicted molar refractivity (Wildman–Crippen MR) is 104 cm³/mol. The second-order valence-electron chi connectivity index (χ2n) is 5.95. The van der Waals surface area contributed by atoms with Crippen LogP contribution in [-0.4, -0.2) is 35.4 Å². The van der Waals surface area contributed by atoms with E-state index in [-0.39, 0.29) is 24.4 Å². The lowest BCUT2D eigenvalue weighted by Crippen LogP contribution is -2.29. The summed E-state index contributed by atoms with van der Waals surface area (Å²) in [5.74, 6) is 0.0888. The van der Waals surface area contributed by atoms with Crippen LogP contribution in [0.15, 0.2) is 39.9 Å². The molecule has 0 atom stereocenters. The number of carbonyl (C=O) groups is 2. The van der Waals surface area contributed by atoms with Gasteiger partial charge in [-0.25, -0.2) is 4.79 Å². The second-order valence-corrected chi connectivity index (χ2v) is 5.95. The zero-order valence-electron chi connectivity index (χ0n) is 15.6. The van der Waals surface area contributed by atoms with Gasteiger partial charge in [0.15, 0.2) is 0 Å². The Labute approximate surface area is 160 Å². The number of benzene rings is 1. The molecule has 0 aliphatic heterocycles. The van der Waals surface area contributed by atoms with Gasteiger partial charge in [0, 0.05) is 31.3 Å². The normalized spacial score (nSPS) is 10.6. The summed E-state index contributed by atoms with van der Waals surface area (Å²) in [4.78, 5) is 51.0. The summed E-state index contributed by atoms with van der Waals surface area (Å²) in [7, 11) is 1.58. The van der Waals surface area contributed by atoms with Gasteiger partial charge in [-0.1, -0.05) is 12.1 Å². The van der Waals surface area contributed by atoms with Crippen molar-refractivity contribution in [2.75, 3.05) is 13.7 Å². The standard InChI is InChI=1S/C19H22N4O5/c1-12-15(18(26)23-19(27)22-12)7-8-16(24)20-10-9-17(25)21-11-13-3-5-14(28-2)6-4-13/h3-8H,9-11H2,1-2H3,(H,20,24)(H,21,25)(H2,22,23,26,27)/b8-7+. The Balaban J connectivity index is 1.74. The van der Waals surface area contributed by atoms with Crippen molar-refractivity contribution >= 4 is 17.9 Å². The van der Waals surface area contributed by atoms with E-state index in [1.807, 2.05) is 24.3 Å². The van der Waals surface area contributed by atoms with E-state index < -0.39 is 17.2 Å². The van der Waals surface area contributed by atoms with Crippen molar-refractivity contribution < 1.29 is 14.3 Å². The summed E-state index contributed by atoms with van der Waals surface area (Å²) in [5, 5.41) is 5.32. The molecule has 9 heteroatoms. The minimum atomic E-state index is -0.607. The fraction of sp³-hybridized carbons (Fsp3) is 0.263. The van der Waals surface area contributed by atoms with E-state index in [0.717, 1.165) is 11.3 Å². The van der Waals surface area contributed by atoms with Crippen LogP contribution < -0.4 is 26.6 Å². The van der Waals surface area contributed by atoms with Crippen molar-refractivity contribution in [2.24, 2.45) is 0 Å². The Morgan fingerprint density at radius 3 is 2.46 bits per heavy atom. The van der Waals surface area contributed by atoms with Gasteiger partial charge in [-0.3, -0.25) is 19.4 Å². The number of rotatable bonds is 8. The highest BCUT2D eigenvalue weighted by Gasteiger charge is 2.05. The molecule has 2 rings (SSSR count). The molecule has 1 aromatic heterocycles. The van der Waals surface area contributed by atoms with Crippen molar-refractivity contribution in [1.82, 2.24) is 20.6 Å². The van der Waals surface area contributed by atoms with Gasteiger partial charge < -0.3 is 20.4 Å². The number of hydrogen-bond acceptors (Lipinski definition) is 5. The Bertz CT molecular complexity index is 973. The van der Waals surface area contributed by atoms with Crippen LogP contribution in [0.5, 0.6) is 5.75 Å². The molecule has 0 aliphatic carbocycles. The van der Waals surface area contributed by atoms with Gasteiger partial charge >= 0.3 is 5.69 Å². The number of H-pyrrole nitrogens is 2. The molecule has 0 radical (unpaired) electrons. The fourth-order valence-electron chi connectivity index (χ4n) is 2.36. The first kappa shape index (κ1) is 20.7. The molecule has 0 aliphatic rings. The average molecular weight is 386 g/mol. The van der Waals surface area contributed by atoms with Crippen LogP contribution in [0.1, 0.15) is 23.2 Å². The van der Waals surface area contributed by atoms with E-state index in [1.165, 1.54) is 12.2 Å². The molecule has 0 saturated carbocycles. The molecule has 0 spiro atoms. The number of aromatic amines is 2. The maximum atomic E-state index is 11.8. The quantitative estimate of drug-likeness (QED) is 0.482. The molecule has 4 N–H and O–H groups in total. The molecule has 1 aromatic carbocycles. The van der Waals surface area contributed by atoms with Gasteiger partial charge in [-0.15, -0.1) is 0 Å². The monoisotopic (exact) mass is 386 g/mol. The largest absolute Gasteiger partial charge is 0.497 e. The molecular weight excluding hydrogens is 364 g/mol. The number of aryl methyl sites for hydroxylation is 1. The summed E-state index contributed by atoms with van der Waals surface area (Å²) in [6, 6.07) is 7.32. The molecule has 28 heavy (non-hydrogen) atoms. The van der Waals surface area contributed by atoms with Gasteiger partial charge in [-0.2, -0.15) is 0 Å². The highest BCUT2D eigenvalue weighted by Crippen LogP contribution is 2.10. The summed E-state index contributed by atoms with van der Waals surface area (Å²) >= 11 is 0. The molecule has 148 valence electrons. The van der Waals surface area contributed by atoms with Gasteiger partial charge in [0.1, 0.15) is 5.75 Å². The minimum Gasteiger partial charge on any atom is -0.497 e. The van der Waals surface area contributed by atoms with E-state index >= 15 is 0 Å². The highest BCUT2D eigenvalue weighted by atomic mass is 16.5. The van der Waals surface area contributed by atoms with Crippen LogP contribution in [0.25, 0.3) is 6.08 Å². The Kier molecular flexibility index (Phi) is 7.32. The maximum absolute atomic E-state index is 11.8. The van der Waals surface area contributed by atoms with Crippen LogP contribution in [0.2, 0.25) is 0 Å². The average Bonchev–Trinajstić information content (AvgIpc) is 2.66. The molecule has 2 aromatic rings. The summed E-state index contributed by atoms with van der Waals surface area (Å²) < 4.78 is 5.07. The molecule has 0 fully saturated rings. The van der Waals surface area contributed by atoms with E-state index in [1.54, 1.807) is 14.0 Å². The summed E-state index contributed by atoms with van der Waals surface area (Å²) in [6.45, 7) is 2.09. The van der Waals surface area contributed by atoms with Crippen LogP contribution in [0.4, 0.5) is 0 Å². The van der Waals surface area contributed by atoms with Crippen LogP contribution in [0.3, 0.4) is 0 Å². The van der Waals surface area contributed by atoms with E-state index in [0.29, 0.717) is 12.2 Å². The van der Waals surface area contributed by atoms with Crippen molar-refractivity contribution in [3.63, 3.8) is 0 Å². The first-order chi connectivity index (χ1) is 13.4. The van der Waals surface area contributed by atoms with Crippen LogP contribution >= 0.6 is 0 Å². The van der Waals surface area contributed by atoms with Gasteiger partial charge in [0.25, 0.3) is 5.56 Å². The lowest BCUT2D eigenvalue weighted by molar-refractivity contribution is -0.121. The number of hydrogen-bond donors (Lipinski definition) is 4. The SMILES string of the molecule is COc1ccc(CNC(=O)CCNC(=O)/C=C/c2c(C)[nH]c(=O)[nH]c2=O)cc1. The van der Waals surface area contributed by atoms with Gasteiger partial charge in [0.2, 0.25) is 11.8 Å². The molecule has 0 saturated heterocycles. The van der Waals surface area contributed by atoms with Crippen molar-refractivity contribution in [3.8, 4) is 5.75 Å². The van der Waals surface area contributed by atoms with Crippen LogP contribution in [0, 0.1) is 6.92 Å². The summed E-state index contributed by atoms with van der Waals surface area (Å²) in [5.41, 5.74) is 0.290. The zero-order valence-corrected chi connectivity index (χ0v) is 15.6. The fourth-order valence-corrected chi connectivity index (χ4v) is 2.36. The zero-order chi connectivity index (χ0) is 20.5. The molecule has 2 amide bonds. The van der Waals surface area contributed by atoms with Crippen molar-refractivity contribution in [1.29, 1.82) is 0 Å². The minimum absolute atomic E-state index is 0.119. The number of aromatic nitrogens is 2. The number of carbonyl (C=O) groups excluding carboxylic acids is 2. The Morgan fingerprint density at radius 1 is 1.11 bits per heavy atom. The van der Waals surface area contributed by atoms with E-state index in [2.05, 4.69) is 20.6 Å². The van der Waals surface area contributed by atoms with Gasteiger partial charge in [-0.05, 0) is 30.7 Å². The molecule has 9 nitrogen and oxygen atoms in total. The third-order valence-electron chi connectivity index (χ3n) is 3.88. The second kappa shape index (κ2) is 9.91. The number of nitrogens with one attached hydrogen (secondary N) is 4. The third-order valence-corrected chi connectivity index (χ3v) is 3.88. The first-order valence-corrected chi connectivity index (χ1v) is 8.58. The number of methoxy groups -OCH3 is 1. The van der Waals surface area contributed by atoms with Crippen molar-refractivity contribution in [3.05, 3.63) is 68.0 Å². The lowest BCUT2D eigenvalue weighted by atomic mass is 10.2.